The monoisotopic (exact) mass is 267 g/mol. The molecule has 0 aromatic rings. The molecule has 19 heavy (non-hydrogen) atoms. The number of hydrogen-bond acceptors (Lipinski definition) is 1. The van der Waals surface area contributed by atoms with Gasteiger partial charge in [0, 0.05) is 12.5 Å². The van der Waals surface area contributed by atoms with E-state index in [0.29, 0.717) is 11.8 Å². The first-order chi connectivity index (χ1) is 9.34. The summed E-state index contributed by atoms with van der Waals surface area (Å²) in [5, 5.41) is 3.12. The molecule has 1 fully saturated rings. The van der Waals surface area contributed by atoms with Gasteiger partial charge in [-0.1, -0.05) is 71.1 Å². The number of unbranched alkanes of at least 4 members (excludes halogenated alkanes) is 7. The maximum Gasteiger partial charge on any atom is 0.223 e. The predicted octanol–water partition coefficient (Wildman–Crippen LogP) is 4.82. The molecule has 112 valence electrons. The lowest BCUT2D eigenvalue weighted by Crippen LogP contribution is -2.32. The minimum absolute atomic E-state index is 0.322. The summed E-state index contributed by atoms with van der Waals surface area (Å²) in [6.45, 7) is 3.15. The Bertz CT molecular complexity index is 221. The van der Waals surface area contributed by atoms with E-state index >= 15 is 0 Å². The molecule has 0 aromatic carbocycles. The van der Waals surface area contributed by atoms with Crippen molar-refractivity contribution in [1.82, 2.24) is 5.32 Å². The molecule has 1 rings (SSSR count). The molecule has 1 N–H and O–H groups in total. The average Bonchev–Trinajstić information content (AvgIpc) is 2.46. The Labute approximate surface area is 119 Å². The molecule has 1 saturated carbocycles. The van der Waals surface area contributed by atoms with Crippen LogP contribution < -0.4 is 5.32 Å². The summed E-state index contributed by atoms with van der Waals surface area (Å²) in [7, 11) is 0. The van der Waals surface area contributed by atoms with E-state index in [0.717, 1.165) is 25.8 Å². The lowest BCUT2D eigenvalue weighted by molar-refractivity contribution is -0.125. The van der Waals surface area contributed by atoms with Gasteiger partial charge in [-0.2, -0.15) is 0 Å². The van der Waals surface area contributed by atoms with Crippen molar-refractivity contribution in [2.24, 2.45) is 5.92 Å². The quantitative estimate of drug-likeness (QED) is 0.565. The van der Waals surface area contributed by atoms with Crippen molar-refractivity contribution in [2.45, 2.75) is 90.4 Å². The zero-order valence-corrected chi connectivity index (χ0v) is 12.9. The van der Waals surface area contributed by atoms with Crippen LogP contribution in [0.2, 0.25) is 0 Å². The molecule has 0 bridgehead atoms. The Kier molecular flexibility index (Phi) is 9.84. The predicted molar refractivity (Wildman–Crippen MR) is 82.2 cm³/mol. The number of carbonyl (C=O) groups excluding carboxylic acids is 1. The second-order valence-electron chi connectivity index (χ2n) is 6.10. The first kappa shape index (κ1) is 16.5. The average molecular weight is 267 g/mol. The third kappa shape index (κ3) is 8.28. The Morgan fingerprint density at radius 1 is 0.895 bits per heavy atom. The molecule has 0 unspecified atom stereocenters. The third-order valence-corrected chi connectivity index (χ3v) is 4.31. The summed E-state index contributed by atoms with van der Waals surface area (Å²) in [5.74, 6) is 0.644. The summed E-state index contributed by atoms with van der Waals surface area (Å²) >= 11 is 0. The standard InChI is InChI=1S/C17H33NO/c1-2-3-4-5-6-7-8-12-15-18-17(19)16-13-10-9-11-14-16/h16H,2-15H2,1H3,(H,18,19). The zero-order valence-electron chi connectivity index (χ0n) is 12.9. The van der Waals surface area contributed by atoms with Crippen LogP contribution in [-0.4, -0.2) is 12.5 Å². The minimum Gasteiger partial charge on any atom is -0.356 e. The van der Waals surface area contributed by atoms with E-state index in [-0.39, 0.29) is 0 Å². The first-order valence-electron chi connectivity index (χ1n) is 8.62. The van der Waals surface area contributed by atoms with E-state index in [9.17, 15) is 4.79 Å². The molecule has 0 spiro atoms. The van der Waals surface area contributed by atoms with Crippen LogP contribution in [0.25, 0.3) is 0 Å². The highest BCUT2D eigenvalue weighted by atomic mass is 16.1. The highest BCUT2D eigenvalue weighted by Crippen LogP contribution is 2.23. The van der Waals surface area contributed by atoms with Crippen LogP contribution in [0.4, 0.5) is 0 Å². The van der Waals surface area contributed by atoms with E-state index in [1.165, 1.54) is 64.2 Å². The Morgan fingerprint density at radius 3 is 2.11 bits per heavy atom. The van der Waals surface area contributed by atoms with Gasteiger partial charge in [-0.3, -0.25) is 4.79 Å². The minimum atomic E-state index is 0.322. The van der Waals surface area contributed by atoms with Gasteiger partial charge in [-0.25, -0.2) is 0 Å². The lowest BCUT2D eigenvalue weighted by atomic mass is 9.88. The molecule has 0 aromatic heterocycles. The highest BCUT2D eigenvalue weighted by Gasteiger charge is 2.20. The van der Waals surface area contributed by atoms with Gasteiger partial charge in [0.05, 0.1) is 0 Å². The topological polar surface area (TPSA) is 29.1 Å². The van der Waals surface area contributed by atoms with Gasteiger partial charge in [-0.15, -0.1) is 0 Å². The van der Waals surface area contributed by atoms with Crippen molar-refractivity contribution in [1.29, 1.82) is 0 Å². The molecule has 0 heterocycles. The second-order valence-corrected chi connectivity index (χ2v) is 6.10. The maximum atomic E-state index is 11.9. The molecule has 2 heteroatoms. The number of rotatable bonds is 10. The summed E-state index contributed by atoms with van der Waals surface area (Å²) < 4.78 is 0. The molecule has 2 nitrogen and oxygen atoms in total. The fourth-order valence-electron chi connectivity index (χ4n) is 2.98. The lowest BCUT2D eigenvalue weighted by Gasteiger charge is -2.20. The molecule has 1 aliphatic carbocycles. The molecular weight excluding hydrogens is 234 g/mol. The molecular formula is C17H33NO. The van der Waals surface area contributed by atoms with Crippen LogP contribution in [0.3, 0.4) is 0 Å². The Balaban J connectivity index is 1.86. The molecule has 1 amide bonds. The molecule has 0 radical (unpaired) electrons. The van der Waals surface area contributed by atoms with Crippen molar-refractivity contribution in [2.75, 3.05) is 6.54 Å². The zero-order chi connectivity index (χ0) is 13.8. The summed E-state index contributed by atoms with van der Waals surface area (Å²) in [6.07, 6.45) is 16.7. The fraction of sp³-hybridized carbons (Fsp3) is 0.941. The van der Waals surface area contributed by atoms with Crippen LogP contribution in [0.5, 0.6) is 0 Å². The molecule has 0 saturated heterocycles. The van der Waals surface area contributed by atoms with E-state index < -0.39 is 0 Å². The van der Waals surface area contributed by atoms with Gasteiger partial charge in [0.2, 0.25) is 5.91 Å². The first-order valence-corrected chi connectivity index (χ1v) is 8.62. The van der Waals surface area contributed by atoms with Gasteiger partial charge in [0.25, 0.3) is 0 Å². The number of amides is 1. The van der Waals surface area contributed by atoms with Crippen molar-refractivity contribution in [3.05, 3.63) is 0 Å². The number of carbonyl (C=O) groups is 1. The van der Waals surface area contributed by atoms with Gasteiger partial charge in [0.1, 0.15) is 0 Å². The maximum absolute atomic E-state index is 11.9. The summed E-state index contributed by atoms with van der Waals surface area (Å²) in [6, 6.07) is 0. The van der Waals surface area contributed by atoms with Crippen molar-refractivity contribution < 1.29 is 4.79 Å². The largest absolute Gasteiger partial charge is 0.356 e. The molecule has 0 atom stereocenters. The van der Waals surface area contributed by atoms with E-state index in [4.69, 9.17) is 0 Å². The van der Waals surface area contributed by atoms with Crippen LogP contribution in [-0.2, 0) is 4.79 Å². The normalized spacial score (nSPS) is 16.5. The van der Waals surface area contributed by atoms with Crippen LogP contribution in [0, 0.1) is 5.92 Å². The number of nitrogens with one attached hydrogen (secondary N) is 1. The van der Waals surface area contributed by atoms with Gasteiger partial charge < -0.3 is 5.32 Å². The second kappa shape index (κ2) is 11.3. The fourth-order valence-corrected chi connectivity index (χ4v) is 2.98. The SMILES string of the molecule is CCCCCCCCCCNC(=O)C1CCCCC1. The smallest absolute Gasteiger partial charge is 0.223 e. The summed E-state index contributed by atoms with van der Waals surface area (Å²) in [5.41, 5.74) is 0. The van der Waals surface area contributed by atoms with Crippen molar-refractivity contribution >= 4 is 5.91 Å². The van der Waals surface area contributed by atoms with Crippen LogP contribution >= 0.6 is 0 Å². The summed E-state index contributed by atoms with van der Waals surface area (Å²) in [4.78, 5) is 11.9. The van der Waals surface area contributed by atoms with Crippen LogP contribution in [0.15, 0.2) is 0 Å². The van der Waals surface area contributed by atoms with E-state index in [2.05, 4.69) is 12.2 Å². The molecule has 1 aliphatic rings. The van der Waals surface area contributed by atoms with Gasteiger partial charge in [-0.05, 0) is 19.3 Å². The van der Waals surface area contributed by atoms with Crippen LogP contribution in [0.1, 0.15) is 90.4 Å². The Hall–Kier alpha value is -0.530. The van der Waals surface area contributed by atoms with Crippen molar-refractivity contribution in [3.63, 3.8) is 0 Å². The van der Waals surface area contributed by atoms with E-state index in [1.807, 2.05) is 0 Å². The van der Waals surface area contributed by atoms with Gasteiger partial charge >= 0.3 is 0 Å². The third-order valence-electron chi connectivity index (χ3n) is 4.31. The number of hydrogen-bond donors (Lipinski definition) is 1. The highest BCUT2D eigenvalue weighted by molar-refractivity contribution is 5.78. The van der Waals surface area contributed by atoms with E-state index in [1.54, 1.807) is 0 Å². The van der Waals surface area contributed by atoms with Gasteiger partial charge in [0.15, 0.2) is 0 Å². The molecule has 0 aliphatic heterocycles. The Morgan fingerprint density at radius 2 is 1.47 bits per heavy atom. The van der Waals surface area contributed by atoms with Crippen molar-refractivity contribution in [3.8, 4) is 0 Å².